The molecule has 1 heterocycles. The minimum Gasteiger partial charge on any atom is -0.319 e. The zero-order valence-corrected chi connectivity index (χ0v) is 10.7. The van der Waals surface area contributed by atoms with Crippen LogP contribution in [0.3, 0.4) is 0 Å². The smallest absolute Gasteiger partial charge is 0.292 e. The van der Waals surface area contributed by atoms with E-state index in [1.807, 2.05) is 0 Å². The molecular formula is C13H17N3O3. The van der Waals surface area contributed by atoms with Crippen molar-refractivity contribution in [1.29, 1.82) is 0 Å². The highest BCUT2D eigenvalue weighted by Crippen LogP contribution is 2.23. The van der Waals surface area contributed by atoms with Gasteiger partial charge in [-0.05, 0) is 32.0 Å². The Labute approximate surface area is 111 Å². The number of hydrogen-bond donors (Lipinski definition) is 1. The van der Waals surface area contributed by atoms with Gasteiger partial charge >= 0.3 is 0 Å². The van der Waals surface area contributed by atoms with E-state index in [-0.39, 0.29) is 17.3 Å². The Balaban J connectivity index is 1.96. The van der Waals surface area contributed by atoms with Gasteiger partial charge < -0.3 is 5.32 Å². The average Bonchev–Trinajstić information content (AvgIpc) is 2.40. The molecule has 1 aliphatic rings. The molecule has 6 nitrogen and oxygen atoms in total. The predicted octanol–water partition coefficient (Wildman–Crippen LogP) is 2.02. The summed E-state index contributed by atoms with van der Waals surface area (Å²) in [5.74, 6) is -0.198. The van der Waals surface area contributed by atoms with E-state index in [0.717, 1.165) is 25.9 Å². The first-order chi connectivity index (χ1) is 9.16. The van der Waals surface area contributed by atoms with E-state index in [9.17, 15) is 14.9 Å². The Hall–Kier alpha value is -1.95. The number of nitro groups is 1. The van der Waals surface area contributed by atoms with E-state index in [0.29, 0.717) is 6.54 Å². The molecule has 0 unspecified atom stereocenters. The van der Waals surface area contributed by atoms with Gasteiger partial charge in [-0.2, -0.15) is 0 Å². The highest BCUT2D eigenvalue weighted by Gasteiger charge is 2.17. The normalized spacial score (nSPS) is 16.0. The van der Waals surface area contributed by atoms with E-state index in [2.05, 4.69) is 10.2 Å². The number of carbonyl (C=O) groups is 1. The molecule has 0 saturated carbocycles. The Kier molecular flexibility index (Phi) is 4.46. The van der Waals surface area contributed by atoms with Gasteiger partial charge in [0.15, 0.2) is 0 Å². The van der Waals surface area contributed by atoms with Gasteiger partial charge in [-0.3, -0.25) is 19.8 Å². The van der Waals surface area contributed by atoms with Crippen molar-refractivity contribution in [2.75, 3.05) is 25.0 Å². The highest BCUT2D eigenvalue weighted by molar-refractivity contribution is 5.94. The first-order valence-corrected chi connectivity index (χ1v) is 6.42. The van der Waals surface area contributed by atoms with Gasteiger partial charge in [0, 0.05) is 6.07 Å². The Morgan fingerprint density at radius 3 is 2.63 bits per heavy atom. The van der Waals surface area contributed by atoms with E-state index in [4.69, 9.17) is 0 Å². The van der Waals surface area contributed by atoms with Crippen LogP contribution >= 0.6 is 0 Å². The van der Waals surface area contributed by atoms with Gasteiger partial charge in [0.1, 0.15) is 5.69 Å². The first kappa shape index (κ1) is 13.5. The zero-order valence-electron chi connectivity index (χ0n) is 10.7. The zero-order chi connectivity index (χ0) is 13.7. The van der Waals surface area contributed by atoms with Gasteiger partial charge in [0.25, 0.3) is 5.69 Å². The van der Waals surface area contributed by atoms with Crippen molar-refractivity contribution in [3.05, 3.63) is 34.4 Å². The minimum absolute atomic E-state index is 0.0745. The number of nitro benzene ring substituents is 1. The van der Waals surface area contributed by atoms with Crippen LogP contribution in [0.4, 0.5) is 11.4 Å². The molecule has 6 heteroatoms. The lowest BCUT2D eigenvalue weighted by molar-refractivity contribution is -0.383. The number of piperidine rings is 1. The van der Waals surface area contributed by atoms with Crippen LogP contribution < -0.4 is 5.32 Å². The minimum atomic E-state index is -0.490. The van der Waals surface area contributed by atoms with Crippen LogP contribution in [0.5, 0.6) is 0 Å². The number of carbonyl (C=O) groups excluding carboxylic acids is 1. The van der Waals surface area contributed by atoms with Crippen molar-refractivity contribution in [2.24, 2.45) is 0 Å². The van der Waals surface area contributed by atoms with Gasteiger partial charge in [-0.15, -0.1) is 0 Å². The van der Waals surface area contributed by atoms with Crippen molar-refractivity contribution in [2.45, 2.75) is 19.3 Å². The number of benzene rings is 1. The van der Waals surface area contributed by atoms with Crippen molar-refractivity contribution in [1.82, 2.24) is 4.90 Å². The fraction of sp³-hybridized carbons (Fsp3) is 0.462. The molecule has 2 rings (SSSR count). The third-order valence-electron chi connectivity index (χ3n) is 3.19. The molecule has 1 amide bonds. The summed E-state index contributed by atoms with van der Waals surface area (Å²) in [6, 6.07) is 6.19. The first-order valence-electron chi connectivity index (χ1n) is 6.42. The van der Waals surface area contributed by atoms with Gasteiger partial charge in [-0.1, -0.05) is 18.6 Å². The third-order valence-corrected chi connectivity index (χ3v) is 3.19. The van der Waals surface area contributed by atoms with Crippen LogP contribution in [0.1, 0.15) is 19.3 Å². The van der Waals surface area contributed by atoms with Crippen LogP contribution in [0, 0.1) is 10.1 Å². The van der Waals surface area contributed by atoms with Crippen molar-refractivity contribution >= 4 is 17.3 Å². The van der Waals surface area contributed by atoms with E-state index < -0.39 is 4.92 Å². The van der Waals surface area contributed by atoms with Crippen molar-refractivity contribution in [3.63, 3.8) is 0 Å². The molecule has 0 radical (unpaired) electrons. The molecule has 0 atom stereocenters. The monoisotopic (exact) mass is 263 g/mol. The number of nitrogens with zero attached hydrogens (tertiary/aromatic N) is 2. The second-order valence-electron chi connectivity index (χ2n) is 4.66. The van der Waals surface area contributed by atoms with Crippen LogP contribution in [0.25, 0.3) is 0 Å². The van der Waals surface area contributed by atoms with E-state index in [1.54, 1.807) is 18.2 Å². The number of rotatable bonds is 4. The fourth-order valence-electron chi connectivity index (χ4n) is 2.25. The van der Waals surface area contributed by atoms with Crippen molar-refractivity contribution < 1.29 is 9.72 Å². The number of hydrogen-bond acceptors (Lipinski definition) is 4. The molecular weight excluding hydrogens is 246 g/mol. The number of amides is 1. The molecule has 19 heavy (non-hydrogen) atoms. The number of para-hydroxylation sites is 2. The molecule has 0 bridgehead atoms. The lowest BCUT2D eigenvalue weighted by Crippen LogP contribution is -2.36. The second-order valence-corrected chi connectivity index (χ2v) is 4.66. The lowest BCUT2D eigenvalue weighted by atomic mass is 10.1. The van der Waals surface area contributed by atoms with E-state index in [1.165, 1.54) is 12.5 Å². The molecule has 1 fully saturated rings. The highest BCUT2D eigenvalue weighted by atomic mass is 16.6. The largest absolute Gasteiger partial charge is 0.319 e. The summed E-state index contributed by atoms with van der Waals surface area (Å²) in [7, 11) is 0. The molecule has 0 aliphatic carbocycles. The summed E-state index contributed by atoms with van der Waals surface area (Å²) < 4.78 is 0. The SMILES string of the molecule is O=C(CN1CCCCC1)Nc1ccccc1[N+](=O)[O-]. The molecule has 1 aromatic carbocycles. The Morgan fingerprint density at radius 1 is 1.26 bits per heavy atom. The molecule has 1 aromatic rings. The average molecular weight is 263 g/mol. The van der Waals surface area contributed by atoms with Crippen LogP contribution in [0.2, 0.25) is 0 Å². The van der Waals surface area contributed by atoms with E-state index >= 15 is 0 Å². The van der Waals surface area contributed by atoms with Gasteiger partial charge in [0.2, 0.25) is 5.91 Å². The molecule has 0 spiro atoms. The fourth-order valence-corrected chi connectivity index (χ4v) is 2.25. The van der Waals surface area contributed by atoms with Crippen LogP contribution in [-0.2, 0) is 4.79 Å². The van der Waals surface area contributed by atoms with Gasteiger partial charge in [0.05, 0.1) is 11.5 Å². The number of likely N-dealkylation sites (tertiary alicyclic amines) is 1. The van der Waals surface area contributed by atoms with Crippen LogP contribution in [0.15, 0.2) is 24.3 Å². The maximum absolute atomic E-state index is 11.9. The van der Waals surface area contributed by atoms with Crippen LogP contribution in [-0.4, -0.2) is 35.4 Å². The topological polar surface area (TPSA) is 75.5 Å². The standard InChI is InChI=1S/C13H17N3O3/c17-13(10-15-8-4-1-5-9-15)14-11-6-2-3-7-12(11)16(18)19/h2-3,6-7H,1,4-5,8-10H2,(H,14,17). The summed E-state index contributed by atoms with van der Waals surface area (Å²) in [5, 5.41) is 13.5. The van der Waals surface area contributed by atoms with Gasteiger partial charge in [-0.25, -0.2) is 0 Å². The number of nitrogens with one attached hydrogen (secondary N) is 1. The molecule has 0 aromatic heterocycles. The maximum Gasteiger partial charge on any atom is 0.292 e. The summed E-state index contributed by atoms with van der Waals surface area (Å²) in [5.41, 5.74) is 0.184. The maximum atomic E-state index is 11.9. The lowest BCUT2D eigenvalue weighted by Gasteiger charge is -2.25. The second kappa shape index (κ2) is 6.29. The Morgan fingerprint density at radius 2 is 1.95 bits per heavy atom. The summed E-state index contributed by atoms with van der Waals surface area (Å²) in [4.78, 5) is 24.3. The molecule has 1 N–H and O–H groups in total. The molecule has 102 valence electrons. The predicted molar refractivity (Wildman–Crippen MR) is 72.0 cm³/mol. The molecule has 1 saturated heterocycles. The number of anilines is 1. The summed E-state index contributed by atoms with van der Waals surface area (Å²) >= 11 is 0. The third kappa shape index (κ3) is 3.75. The summed E-state index contributed by atoms with van der Waals surface area (Å²) in [6.07, 6.45) is 3.43. The van der Waals surface area contributed by atoms with Crippen molar-refractivity contribution in [3.8, 4) is 0 Å². The summed E-state index contributed by atoms with van der Waals surface area (Å²) in [6.45, 7) is 2.14. The molecule has 1 aliphatic heterocycles. The quantitative estimate of drug-likeness (QED) is 0.666. The Bertz CT molecular complexity index is 470.